The number of benzene rings is 2. The van der Waals surface area contributed by atoms with Crippen LogP contribution >= 0.6 is 0 Å². The van der Waals surface area contributed by atoms with E-state index in [1.165, 1.54) is 22.3 Å². The number of aliphatic imine (C=N–C) groups is 1. The Balaban J connectivity index is 2.52. The van der Waals surface area contributed by atoms with Crippen molar-refractivity contribution in [3.8, 4) is 6.07 Å². The van der Waals surface area contributed by atoms with Crippen LogP contribution in [0.5, 0.6) is 0 Å². The SMILES string of the molecule is CCc1cccc(CC)c1N=C(C)/C(C#N)=C(\C)Nc1c(CC)cccc1CC. The monoisotopic (exact) mass is 387 g/mol. The second-order valence-electron chi connectivity index (χ2n) is 7.22. The van der Waals surface area contributed by atoms with Gasteiger partial charge in [-0.25, -0.2) is 0 Å². The summed E-state index contributed by atoms with van der Waals surface area (Å²) in [5.41, 5.74) is 9.30. The molecule has 0 saturated carbocycles. The predicted molar refractivity (Wildman–Crippen MR) is 125 cm³/mol. The zero-order valence-corrected chi connectivity index (χ0v) is 18.7. The molecule has 0 aliphatic rings. The van der Waals surface area contributed by atoms with E-state index in [2.05, 4.69) is 75.5 Å². The molecule has 0 heterocycles. The van der Waals surface area contributed by atoms with Crippen molar-refractivity contribution in [2.75, 3.05) is 5.32 Å². The van der Waals surface area contributed by atoms with E-state index in [4.69, 9.17) is 4.99 Å². The maximum Gasteiger partial charge on any atom is 0.103 e. The molecule has 152 valence electrons. The average Bonchev–Trinajstić information content (AvgIpc) is 2.74. The number of hydrogen-bond acceptors (Lipinski definition) is 3. The number of allylic oxidation sites excluding steroid dienone is 2. The van der Waals surface area contributed by atoms with Crippen LogP contribution in [0.3, 0.4) is 0 Å². The molecule has 2 aromatic rings. The molecule has 29 heavy (non-hydrogen) atoms. The molecule has 0 atom stereocenters. The minimum atomic E-state index is 0.603. The normalized spacial score (nSPS) is 12.4. The van der Waals surface area contributed by atoms with E-state index in [1.54, 1.807) is 0 Å². The van der Waals surface area contributed by atoms with Crippen molar-refractivity contribution in [1.82, 2.24) is 0 Å². The second-order valence-corrected chi connectivity index (χ2v) is 7.22. The maximum atomic E-state index is 9.90. The van der Waals surface area contributed by atoms with Gasteiger partial charge in [0.15, 0.2) is 0 Å². The highest BCUT2D eigenvalue weighted by Gasteiger charge is 2.13. The van der Waals surface area contributed by atoms with Crippen LogP contribution in [-0.4, -0.2) is 5.71 Å². The van der Waals surface area contributed by atoms with E-state index in [0.29, 0.717) is 5.57 Å². The van der Waals surface area contributed by atoms with Crippen LogP contribution in [0.4, 0.5) is 11.4 Å². The molecule has 0 bridgehead atoms. The third kappa shape index (κ3) is 5.15. The molecular weight excluding hydrogens is 354 g/mol. The Hall–Kier alpha value is -2.86. The molecular formula is C26H33N3. The van der Waals surface area contributed by atoms with Crippen LogP contribution in [-0.2, 0) is 25.7 Å². The summed E-state index contributed by atoms with van der Waals surface area (Å²) in [6.07, 6.45) is 3.74. The fraction of sp³-hybridized carbons (Fsp3) is 0.385. The van der Waals surface area contributed by atoms with Crippen molar-refractivity contribution >= 4 is 17.1 Å². The molecule has 2 rings (SSSR count). The summed E-state index contributed by atoms with van der Waals surface area (Å²) in [7, 11) is 0. The van der Waals surface area contributed by atoms with Crippen LogP contribution in [0, 0.1) is 11.3 Å². The molecule has 0 spiro atoms. The number of anilines is 1. The molecule has 0 saturated heterocycles. The van der Waals surface area contributed by atoms with E-state index in [9.17, 15) is 5.26 Å². The highest BCUT2D eigenvalue weighted by atomic mass is 14.9. The van der Waals surface area contributed by atoms with Gasteiger partial charge in [-0.1, -0.05) is 64.1 Å². The topological polar surface area (TPSA) is 48.2 Å². The van der Waals surface area contributed by atoms with Crippen LogP contribution in [0.25, 0.3) is 0 Å². The lowest BCUT2D eigenvalue weighted by atomic mass is 10.0. The summed E-state index contributed by atoms with van der Waals surface area (Å²) >= 11 is 0. The summed E-state index contributed by atoms with van der Waals surface area (Å²) in [5, 5.41) is 13.4. The fourth-order valence-corrected chi connectivity index (χ4v) is 3.67. The number of nitrogens with one attached hydrogen (secondary N) is 1. The standard InChI is InChI=1S/C26H33N3/c1-7-20-13-11-14-21(8-2)25(20)28-18(5)24(17-27)19(6)29-26-22(9-3)15-12-16-23(26)10-4/h11-16,28H,7-10H2,1-6H3/b24-18+,29-19?. The van der Waals surface area contributed by atoms with Crippen LogP contribution in [0.2, 0.25) is 0 Å². The van der Waals surface area contributed by atoms with Gasteiger partial charge >= 0.3 is 0 Å². The van der Waals surface area contributed by atoms with Gasteiger partial charge < -0.3 is 5.32 Å². The minimum Gasteiger partial charge on any atom is -0.358 e. The number of para-hydroxylation sites is 2. The minimum absolute atomic E-state index is 0.603. The first-order valence-electron chi connectivity index (χ1n) is 10.7. The van der Waals surface area contributed by atoms with Crippen molar-refractivity contribution in [3.05, 3.63) is 69.9 Å². The number of nitrogens with zero attached hydrogens (tertiary/aromatic N) is 2. The Kier molecular flexibility index (Phi) is 8.21. The van der Waals surface area contributed by atoms with Gasteiger partial charge in [-0.05, 0) is 61.8 Å². The van der Waals surface area contributed by atoms with Crippen molar-refractivity contribution in [2.24, 2.45) is 4.99 Å². The van der Waals surface area contributed by atoms with E-state index in [-0.39, 0.29) is 0 Å². The zero-order valence-electron chi connectivity index (χ0n) is 18.7. The quantitative estimate of drug-likeness (QED) is 0.394. The average molecular weight is 388 g/mol. The van der Waals surface area contributed by atoms with E-state index >= 15 is 0 Å². The molecule has 0 fully saturated rings. The van der Waals surface area contributed by atoms with Crippen molar-refractivity contribution in [2.45, 2.75) is 67.2 Å². The fourth-order valence-electron chi connectivity index (χ4n) is 3.67. The smallest absolute Gasteiger partial charge is 0.103 e. The first kappa shape index (κ1) is 22.4. The Labute approximate surface area is 176 Å². The Morgan fingerprint density at radius 1 is 0.828 bits per heavy atom. The lowest BCUT2D eigenvalue weighted by Crippen LogP contribution is -2.09. The van der Waals surface area contributed by atoms with Crippen LogP contribution in [0.15, 0.2) is 52.7 Å². The molecule has 2 aromatic carbocycles. The van der Waals surface area contributed by atoms with E-state index in [0.717, 1.165) is 48.5 Å². The van der Waals surface area contributed by atoms with Gasteiger partial charge in [0.25, 0.3) is 0 Å². The first-order chi connectivity index (χ1) is 14.0. The highest BCUT2D eigenvalue weighted by molar-refractivity contribution is 6.04. The molecule has 0 amide bonds. The summed E-state index contributed by atoms with van der Waals surface area (Å²) in [6.45, 7) is 12.5. The lowest BCUT2D eigenvalue weighted by Gasteiger charge is -2.17. The molecule has 3 heteroatoms. The Bertz CT molecular complexity index is 914. The predicted octanol–water partition coefficient (Wildman–Crippen LogP) is 6.94. The number of hydrogen-bond donors (Lipinski definition) is 1. The van der Waals surface area contributed by atoms with E-state index in [1.807, 2.05) is 13.8 Å². The molecule has 0 aliphatic heterocycles. The van der Waals surface area contributed by atoms with Gasteiger partial charge in [0.2, 0.25) is 0 Å². The molecule has 0 aliphatic carbocycles. The summed E-state index contributed by atoms with van der Waals surface area (Å²) in [4.78, 5) is 4.92. The Morgan fingerprint density at radius 2 is 1.28 bits per heavy atom. The van der Waals surface area contributed by atoms with Gasteiger partial charge in [-0.15, -0.1) is 0 Å². The third-order valence-electron chi connectivity index (χ3n) is 5.40. The molecule has 0 radical (unpaired) electrons. The van der Waals surface area contributed by atoms with Gasteiger partial charge in [0.05, 0.1) is 17.0 Å². The largest absolute Gasteiger partial charge is 0.358 e. The summed E-state index contributed by atoms with van der Waals surface area (Å²) < 4.78 is 0. The number of aryl methyl sites for hydroxylation is 4. The summed E-state index contributed by atoms with van der Waals surface area (Å²) in [5.74, 6) is 0. The van der Waals surface area contributed by atoms with E-state index < -0.39 is 0 Å². The molecule has 0 aromatic heterocycles. The first-order valence-corrected chi connectivity index (χ1v) is 10.7. The highest BCUT2D eigenvalue weighted by Crippen LogP contribution is 2.28. The second kappa shape index (κ2) is 10.6. The zero-order chi connectivity index (χ0) is 21.4. The van der Waals surface area contributed by atoms with Crippen molar-refractivity contribution < 1.29 is 0 Å². The maximum absolute atomic E-state index is 9.90. The molecule has 1 N–H and O–H groups in total. The third-order valence-corrected chi connectivity index (χ3v) is 5.40. The summed E-state index contributed by atoms with van der Waals surface area (Å²) in [6, 6.07) is 15.1. The van der Waals surface area contributed by atoms with Gasteiger partial charge in [0, 0.05) is 11.4 Å². The number of rotatable bonds is 8. The van der Waals surface area contributed by atoms with Gasteiger partial charge in [-0.3, -0.25) is 4.99 Å². The van der Waals surface area contributed by atoms with Gasteiger partial charge in [0.1, 0.15) is 6.07 Å². The lowest BCUT2D eigenvalue weighted by molar-refractivity contribution is 1.08. The van der Waals surface area contributed by atoms with Crippen LogP contribution < -0.4 is 5.32 Å². The van der Waals surface area contributed by atoms with Crippen molar-refractivity contribution in [1.29, 1.82) is 5.26 Å². The number of nitriles is 1. The molecule has 0 unspecified atom stereocenters. The Morgan fingerprint density at radius 3 is 1.69 bits per heavy atom. The van der Waals surface area contributed by atoms with Crippen molar-refractivity contribution in [3.63, 3.8) is 0 Å². The van der Waals surface area contributed by atoms with Gasteiger partial charge in [-0.2, -0.15) is 5.26 Å². The molecule has 3 nitrogen and oxygen atoms in total. The van der Waals surface area contributed by atoms with Crippen LogP contribution in [0.1, 0.15) is 63.8 Å².